The number of carbonyl (C=O) groups excluding carboxylic acids is 1. The molecule has 2 aliphatic rings. The van der Waals surface area contributed by atoms with Gasteiger partial charge in [-0.2, -0.15) is 0 Å². The molecule has 2 N–H and O–H groups in total. The van der Waals surface area contributed by atoms with Gasteiger partial charge in [0.15, 0.2) is 0 Å². The zero-order valence-corrected chi connectivity index (χ0v) is 21.4. The third kappa shape index (κ3) is 3.80. The van der Waals surface area contributed by atoms with Crippen LogP contribution in [0.1, 0.15) is 59.9 Å². The molecule has 2 atom stereocenters. The van der Waals surface area contributed by atoms with Crippen LogP contribution in [0, 0.1) is 29.2 Å². The van der Waals surface area contributed by atoms with E-state index in [1.54, 1.807) is 0 Å². The number of amides is 1. The van der Waals surface area contributed by atoms with Gasteiger partial charge in [-0.15, -0.1) is 0 Å². The second kappa shape index (κ2) is 8.36. The van der Waals surface area contributed by atoms with Crippen LogP contribution >= 0.6 is 21.0 Å². The third-order valence-electron chi connectivity index (χ3n) is 7.17. The van der Waals surface area contributed by atoms with Crippen LogP contribution in [-0.2, 0) is 0 Å². The molecule has 0 spiro atoms. The number of aromatic amines is 1. The molecule has 3 heterocycles. The van der Waals surface area contributed by atoms with E-state index in [-0.39, 0.29) is 5.91 Å². The van der Waals surface area contributed by atoms with Gasteiger partial charge in [-0.25, -0.2) is 0 Å². The van der Waals surface area contributed by atoms with Gasteiger partial charge in [-0.05, 0) is 101 Å². The summed E-state index contributed by atoms with van der Waals surface area (Å²) in [5.41, 5.74) is 7.44. The molecular formula is C26H31IN4O. The highest BCUT2D eigenvalue weighted by molar-refractivity contribution is 14.1. The van der Waals surface area contributed by atoms with Crippen molar-refractivity contribution in [1.82, 2.24) is 14.9 Å². The van der Waals surface area contributed by atoms with E-state index >= 15 is 0 Å². The number of aryl methyl sites for hydroxylation is 2. The number of alkyl halides is 1. The molecular weight excluding hydrogens is 511 g/mol. The predicted molar refractivity (Wildman–Crippen MR) is 138 cm³/mol. The van der Waals surface area contributed by atoms with Crippen LogP contribution in [0.2, 0.25) is 0 Å². The number of fused-ring (bicyclic) bond motifs is 2. The number of likely N-dealkylation sites (tertiary alicyclic amines) is 1. The Bertz CT molecular complexity index is 1180. The first-order valence-electron chi connectivity index (χ1n) is 11.5. The highest BCUT2D eigenvalue weighted by Gasteiger charge is 2.42. The molecule has 2 unspecified atom stereocenters. The van der Waals surface area contributed by atoms with Crippen LogP contribution in [0.25, 0.3) is 22.2 Å². The summed E-state index contributed by atoms with van der Waals surface area (Å²) in [5.74, 6) is 1.71. The Morgan fingerprint density at radius 1 is 1.12 bits per heavy atom. The van der Waals surface area contributed by atoms with E-state index in [4.69, 9.17) is 3.56 Å². The molecule has 1 saturated heterocycles. The lowest BCUT2D eigenvalue weighted by Crippen LogP contribution is -2.30. The van der Waals surface area contributed by atoms with Crippen molar-refractivity contribution in [2.24, 2.45) is 11.8 Å². The first-order chi connectivity index (χ1) is 15.3. The van der Waals surface area contributed by atoms with Gasteiger partial charge in [0.2, 0.25) is 0 Å². The van der Waals surface area contributed by atoms with Crippen molar-refractivity contribution in [2.45, 2.75) is 50.4 Å². The number of aromatic nitrogens is 2. The van der Waals surface area contributed by atoms with E-state index in [1.807, 2.05) is 19.9 Å². The van der Waals surface area contributed by atoms with E-state index < -0.39 is 21.0 Å². The number of hydrogen-bond acceptors (Lipinski definition) is 3. The van der Waals surface area contributed by atoms with E-state index in [2.05, 4.69) is 53.0 Å². The van der Waals surface area contributed by atoms with Gasteiger partial charge < -0.3 is 9.88 Å². The number of benzene rings is 1. The molecule has 5 rings (SSSR count). The van der Waals surface area contributed by atoms with Gasteiger partial charge in [0.1, 0.15) is 0 Å². The fraction of sp³-hybridized carbons (Fsp3) is 0.462. The average molecular weight is 542 g/mol. The van der Waals surface area contributed by atoms with E-state index in [1.165, 1.54) is 5.56 Å². The highest BCUT2D eigenvalue weighted by Crippen LogP contribution is 2.43. The van der Waals surface area contributed by atoms with Crippen LogP contribution < -0.4 is 0 Å². The van der Waals surface area contributed by atoms with Crippen molar-refractivity contribution in [1.29, 1.82) is 3.56 Å². The fourth-order valence-electron chi connectivity index (χ4n) is 5.82. The van der Waals surface area contributed by atoms with E-state index in [0.29, 0.717) is 21.7 Å². The lowest BCUT2D eigenvalue weighted by Gasteiger charge is -2.18. The number of halogens is 1. The summed E-state index contributed by atoms with van der Waals surface area (Å²) in [4.78, 5) is 23.6. The van der Waals surface area contributed by atoms with Crippen molar-refractivity contribution < 1.29 is 4.79 Å². The molecule has 168 valence electrons. The number of H-pyrrole nitrogens is 1. The second-order valence-corrected chi connectivity index (χ2v) is 12.3. The zero-order valence-electron chi connectivity index (χ0n) is 19.2. The van der Waals surface area contributed by atoms with Gasteiger partial charge in [-0.3, -0.25) is 13.3 Å². The Hall–Kier alpha value is -2.09. The summed E-state index contributed by atoms with van der Waals surface area (Å²) in [6.07, 6.45) is 2.32. The molecule has 1 aromatic carbocycles. The highest BCUT2D eigenvalue weighted by atomic mass is 127. The Labute approximate surface area is 200 Å². The third-order valence-corrected chi connectivity index (χ3v) is 9.07. The zero-order chi connectivity index (χ0) is 22.6. The van der Waals surface area contributed by atoms with Crippen LogP contribution in [0.15, 0.2) is 30.3 Å². The summed E-state index contributed by atoms with van der Waals surface area (Å²) >= 11 is -0.411. The number of pyridine rings is 1. The van der Waals surface area contributed by atoms with Gasteiger partial charge in [0, 0.05) is 50.4 Å². The van der Waals surface area contributed by atoms with Crippen molar-refractivity contribution in [3.8, 4) is 11.3 Å². The molecule has 32 heavy (non-hydrogen) atoms. The largest absolute Gasteiger partial charge is 0.354 e. The molecule has 0 bridgehead atoms. The van der Waals surface area contributed by atoms with Crippen molar-refractivity contribution in [3.05, 3.63) is 52.8 Å². The maximum absolute atomic E-state index is 13.4. The monoisotopic (exact) mass is 542 g/mol. The fourth-order valence-corrected chi connectivity index (χ4v) is 7.63. The average Bonchev–Trinajstić information content (AvgIpc) is 3.42. The lowest BCUT2D eigenvalue weighted by atomic mass is 9.95. The van der Waals surface area contributed by atoms with Gasteiger partial charge in [-0.1, -0.05) is 13.8 Å². The number of hydrogen-bond donors (Lipinski definition) is 2. The Kier molecular flexibility index (Phi) is 5.68. The first-order valence-corrected chi connectivity index (χ1v) is 13.9. The Balaban J connectivity index is 1.49. The van der Waals surface area contributed by atoms with Crippen LogP contribution in [0.3, 0.4) is 0 Å². The summed E-state index contributed by atoms with van der Waals surface area (Å²) in [5, 5.41) is 1.14. The number of rotatable bonds is 4. The molecule has 1 aliphatic carbocycles. The Morgan fingerprint density at radius 2 is 1.78 bits per heavy atom. The van der Waals surface area contributed by atoms with Crippen molar-refractivity contribution in [3.63, 3.8) is 0 Å². The SMILES string of the molecule is Cc1cc(-c2[nH]c3ccc(C(=O)N4CC5CC(I=N)CC5C4)cc3c2C(C)C)cc(C)n1. The molecule has 3 aromatic rings. The molecule has 5 nitrogen and oxygen atoms in total. The van der Waals surface area contributed by atoms with Crippen molar-refractivity contribution >= 4 is 37.8 Å². The molecule has 1 aliphatic heterocycles. The summed E-state index contributed by atoms with van der Waals surface area (Å²) in [6, 6.07) is 10.4. The van der Waals surface area contributed by atoms with Crippen LogP contribution in [-0.4, -0.2) is 37.8 Å². The normalized spacial score (nSPS) is 22.8. The topological polar surface area (TPSA) is 72.8 Å². The summed E-state index contributed by atoms with van der Waals surface area (Å²) in [6.45, 7) is 10.2. The number of carbonyl (C=O) groups is 1. The van der Waals surface area contributed by atoms with Crippen molar-refractivity contribution in [2.75, 3.05) is 13.1 Å². The lowest BCUT2D eigenvalue weighted by molar-refractivity contribution is 0.0781. The number of nitrogens with zero attached hydrogens (tertiary/aromatic N) is 2. The predicted octanol–water partition coefficient (Wildman–Crippen LogP) is 6.55. The minimum Gasteiger partial charge on any atom is -0.354 e. The number of nitrogens with one attached hydrogen (secondary N) is 2. The van der Waals surface area contributed by atoms with E-state index in [0.717, 1.165) is 65.0 Å². The minimum absolute atomic E-state index is 0.159. The molecule has 2 aromatic heterocycles. The van der Waals surface area contributed by atoms with Crippen LogP contribution in [0.4, 0.5) is 0 Å². The van der Waals surface area contributed by atoms with Gasteiger partial charge in [0.05, 0.1) is 5.69 Å². The second-order valence-electron chi connectivity index (χ2n) is 9.88. The summed E-state index contributed by atoms with van der Waals surface area (Å²) in [7, 11) is 0. The first kappa shape index (κ1) is 21.7. The molecule has 2 fully saturated rings. The van der Waals surface area contributed by atoms with E-state index in [9.17, 15) is 4.79 Å². The van der Waals surface area contributed by atoms with Crippen LogP contribution in [0.5, 0.6) is 0 Å². The maximum atomic E-state index is 13.4. The maximum Gasteiger partial charge on any atom is 0.253 e. The molecule has 1 amide bonds. The quantitative estimate of drug-likeness (QED) is 0.290. The Morgan fingerprint density at radius 3 is 2.38 bits per heavy atom. The van der Waals surface area contributed by atoms with Gasteiger partial charge >= 0.3 is 0 Å². The van der Waals surface area contributed by atoms with Gasteiger partial charge in [0.25, 0.3) is 5.91 Å². The summed E-state index contributed by atoms with van der Waals surface area (Å²) < 4.78 is 8.43. The smallest absolute Gasteiger partial charge is 0.253 e. The molecule has 1 saturated carbocycles. The molecule has 6 heteroatoms. The minimum atomic E-state index is -0.411. The molecule has 0 radical (unpaired) electrons. The standard InChI is InChI=1S/C26H31IN4O/c1-14(2)24-22-11-17(26(32)31-12-19-9-21(27-28)10-20(19)13-31)5-6-23(22)30-25(24)18-7-15(3)29-16(4)8-18/h5-8,11,14,19-21,28,30H,9-10,12-13H2,1-4H3.